The fourth-order valence-corrected chi connectivity index (χ4v) is 3.16. The van der Waals surface area contributed by atoms with Crippen LogP contribution in [0.15, 0.2) is 46.9 Å². The first kappa shape index (κ1) is 13.9. The third-order valence-electron chi connectivity index (χ3n) is 3.77. The zero-order chi connectivity index (χ0) is 14.1. The average molecular weight is 355 g/mol. The Bertz CT molecular complexity index is 626. The molecule has 1 nitrogen and oxygen atoms in total. The lowest BCUT2D eigenvalue weighted by molar-refractivity contribution is 0.363. The van der Waals surface area contributed by atoms with Gasteiger partial charge >= 0.3 is 0 Å². The van der Waals surface area contributed by atoms with Crippen LogP contribution < -0.4 is 5.32 Å². The molecule has 0 atom stereocenters. The summed E-state index contributed by atoms with van der Waals surface area (Å²) < 4.78 is 14.7. The van der Waals surface area contributed by atoms with Crippen molar-refractivity contribution in [2.24, 2.45) is 0 Å². The molecule has 20 heavy (non-hydrogen) atoms. The monoisotopic (exact) mass is 353 g/mol. The summed E-state index contributed by atoms with van der Waals surface area (Å²) in [5.74, 6) is 0.214. The van der Waals surface area contributed by atoms with Crippen LogP contribution in [0.5, 0.6) is 0 Å². The highest BCUT2D eigenvalue weighted by molar-refractivity contribution is 9.10. The predicted octanol–water partition coefficient (Wildman–Crippen LogP) is 5.60. The molecular formula is C16H14BrClFN. The molecule has 0 bridgehead atoms. The van der Waals surface area contributed by atoms with Crippen LogP contribution in [-0.2, 0) is 0 Å². The standard InChI is InChI=1S/C16H14BrClFN/c17-14-6-5-11(18)9-16(14)20-12-7-10(8-12)13-3-1-2-4-15(13)19/h1-6,9-10,12,20H,7-8H2. The van der Waals surface area contributed by atoms with Crippen molar-refractivity contribution >= 4 is 33.2 Å². The van der Waals surface area contributed by atoms with Crippen molar-refractivity contribution < 1.29 is 4.39 Å². The van der Waals surface area contributed by atoms with Gasteiger partial charge in [0.05, 0.1) is 5.69 Å². The molecule has 1 N–H and O–H groups in total. The van der Waals surface area contributed by atoms with E-state index in [4.69, 9.17) is 11.6 Å². The SMILES string of the molecule is Fc1ccccc1C1CC(Nc2cc(Cl)ccc2Br)C1. The maximum atomic E-state index is 13.7. The van der Waals surface area contributed by atoms with Crippen LogP contribution in [0, 0.1) is 5.82 Å². The molecule has 0 radical (unpaired) electrons. The van der Waals surface area contributed by atoms with Gasteiger partial charge in [-0.25, -0.2) is 4.39 Å². The summed E-state index contributed by atoms with van der Waals surface area (Å²) in [6.07, 6.45) is 1.89. The molecule has 3 rings (SSSR count). The van der Waals surface area contributed by atoms with Crippen molar-refractivity contribution in [1.82, 2.24) is 0 Å². The number of halogens is 3. The van der Waals surface area contributed by atoms with Gasteiger partial charge in [-0.15, -0.1) is 0 Å². The molecule has 4 heteroatoms. The Morgan fingerprint density at radius 1 is 1.15 bits per heavy atom. The third-order valence-corrected chi connectivity index (χ3v) is 4.70. The second kappa shape index (κ2) is 5.74. The van der Waals surface area contributed by atoms with Gasteiger partial charge in [0.2, 0.25) is 0 Å². The molecular weight excluding hydrogens is 341 g/mol. The fraction of sp³-hybridized carbons (Fsp3) is 0.250. The van der Waals surface area contributed by atoms with Crippen molar-refractivity contribution in [3.63, 3.8) is 0 Å². The zero-order valence-corrected chi connectivity index (χ0v) is 13.1. The molecule has 0 heterocycles. The Kier molecular flexibility index (Phi) is 3.99. The van der Waals surface area contributed by atoms with E-state index in [1.165, 1.54) is 6.07 Å². The molecule has 2 aromatic carbocycles. The van der Waals surface area contributed by atoms with Crippen LogP contribution >= 0.6 is 27.5 Å². The number of anilines is 1. The van der Waals surface area contributed by atoms with E-state index < -0.39 is 0 Å². The molecule has 0 amide bonds. The van der Waals surface area contributed by atoms with Gasteiger partial charge < -0.3 is 5.32 Å². The summed E-state index contributed by atoms with van der Waals surface area (Å²) in [6.45, 7) is 0. The lowest BCUT2D eigenvalue weighted by Crippen LogP contribution is -2.34. The normalized spacial score (nSPS) is 21.4. The molecule has 2 aromatic rings. The van der Waals surface area contributed by atoms with Crippen LogP contribution in [0.4, 0.5) is 10.1 Å². The summed E-state index contributed by atoms with van der Waals surface area (Å²) in [7, 11) is 0. The van der Waals surface area contributed by atoms with Crippen LogP contribution in [0.2, 0.25) is 5.02 Å². The molecule has 1 aliphatic carbocycles. The fourth-order valence-electron chi connectivity index (χ4n) is 2.62. The molecule has 0 saturated heterocycles. The maximum Gasteiger partial charge on any atom is 0.126 e. The molecule has 0 aliphatic heterocycles. The molecule has 0 unspecified atom stereocenters. The minimum absolute atomic E-state index is 0.0973. The quantitative estimate of drug-likeness (QED) is 0.756. The van der Waals surface area contributed by atoms with Gasteiger partial charge in [0.1, 0.15) is 5.82 Å². The first-order chi connectivity index (χ1) is 9.63. The number of hydrogen-bond acceptors (Lipinski definition) is 1. The van der Waals surface area contributed by atoms with E-state index in [9.17, 15) is 4.39 Å². The smallest absolute Gasteiger partial charge is 0.126 e. The van der Waals surface area contributed by atoms with Crippen LogP contribution in [0.3, 0.4) is 0 Å². The topological polar surface area (TPSA) is 12.0 Å². The Labute approximate surface area is 131 Å². The van der Waals surface area contributed by atoms with Crippen molar-refractivity contribution in [1.29, 1.82) is 0 Å². The van der Waals surface area contributed by atoms with Gasteiger partial charge in [-0.1, -0.05) is 29.8 Å². The Balaban J connectivity index is 1.64. The summed E-state index contributed by atoms with van der Waals surface area (Å²) in [4.78, 5) is 0. The summed E-state index contributed by atoms with van der Waals surface area (Å²) in [6, 6.07) is 13.1. The summed E-state index contributed by atoms with van der Waals surface area (Å²) in [5.41, 5.74) is 1.82. The third kappa shape index (κ3) is 2.84. The molecule has 104 valence electrons. The van der Waals surface area contributed by atoms with E-state index in [1.54, 1.807) is 6.07 Å². The Hall–Kier alpha value is -1.06. The highest BCUT2D eigenvalue weighted by Crippen LogP contribution is 2.40. The molecule has 1 fully saturated rings. The van der Waals surface area contributed by atoms with E-state index in [1.807, 2.05) is 30.3 Å². The highest BCUT2D eigenvalue weighted by atomic mass is 79.9. The van der Waals surface area contributed by atoms with Crippen LogP contribution in [0.25, 0.3) is 0 Å². The first-order valence-corrected chi connectivity index (χ1v) is 7.76. The molecule has 0 aromatic heterocycles. The molecule has 1 saturated carbocycles. The van der Waals surface area contributed by atoms with E-state index >= 15 is 0 Å². The predicted molar refractivity (Wildman–Crippen MR) is 84.9 cm³/mol. The number of rotatable bonds is 3. The zero-order valence-electron chi connectivity index (χ0n) is 10.7. The van der Waals surface area contributed by atoms with E-state index in [0.717, 1.165) is 28.6 Å². The number of benzene rings is 2. The van der Waals surface area contributed by atoms with Gasteiger partial charge in [-0.3, -0.25) is 0 Å². The van der Waals surface area contributed by atoms with Gasteiger partial charge in [-0.2, -0.15) is 0 Å². The number of nitrogens with one attached hydrogen (secondary N) is 1. The van der Waals surface area contributed by atoms with E-state index in [-0.39, 0.29) is 5.82 Å². The molecule has 0 spiro atoms. The van der Waals surface area contributed by atoms with Crippen molar-refractivity contribution in [2.75, 3.05) is 5.32 Å². The first-order valence-electron chi connectivity index (χ1n) is 6.59. The van der Waals surface area contributed by atoms with E-state index in [0.29, 0.717) is 17.0 Å². The van der Waals surface area contributed by atoms with Crippen LogP contribution in [-0.4, -0.2) is 6.04 Å². The van der Waals surface area contributed by atoms with Crippen molar-refractivity contribution in [3.8, 4) is 0 Å². The van der Waals surface area contributed by atoms with Crippen molar-refractivity contribution in [3.05, 3.63) is 63.3 Å². The van der Waals surface area contributed by atoms with Gasteiger partial charge in [-0.05, 0) is 64.5 Å². The van der Waals surface area contributed by atoms with Gasteiger partial charge in [0.25, 0.3) is 0 Å². The maximum absolute atomic E-state index is 13.7. The highest BCUT2D eigenvalue weighted by Gasteiger charge is 2.32. The Morgan fingerprint density at radius 3 is 2.65 bits per heavy atom. The van der Waals surface area contributed by atoms with E-state index in [2.05, 4.69) is 21.2 Å². The Morgan fingerprint density at radius 2 is 1.90 bits per heavy atom. The minimum Gasteiger partial charge on any atom is -0.381 e. The number of hydrogen-bond donors (Lipinski definition) is 1. The summed E-state index contributed by atoms with van der Waals surface area (Å²) in [5, 5.41) is 4.16. The second-order valence-electron chi connectivity index (χ2n) is 5.16. The second-order valence-corrected chi connectivity index (χ2v) is 6.45. The van der Waals surface area contributed by atoms with Gasteiger partial charge in [0, 0.05) is 15.5 Å². The van der Waals surface area contributed by atoms with Crippen molar-refractivity contribution in [2.45, 2.75) is 24.8 Å². The largest absolute Gasteiger partial charge is 0.381 e. The lowest BCUT2D eigenvalue weighted by atomic mass is 9.75. The lowest BCUT2D eigenvalue weighted by Gasteiger charge is -2.37. The van der Waals surface area contributed by atoms with Crippen LogP contribution in [0.1, 0.15) is 24.3 Å². The molecule has 1 aliphatic rings. The summed E-state index contributed by atoms with van der Waals surface area (Å²) >= 11 is 9.50. The average Bonchev–Trinajstić information content (AvgIpc) is 2.38. The minimum atomic E-state index is -0.0973. The van der Waals surface area contributed by atoms with Gasteiger partial charge in [0.15, 0.2) is 0 Å².